The van der Waals surface area contributed by atoms with Gasteiger partial charge in [-0.3, -0.25) is 4.79 Å². The minimum atomic E-state index is -4.39. The van der Waals surface area contributed by atoms with Crippen LogP contribution in [0.25, 0.3) is 0 Å². The van der Waals surface area contributed by atoms with E-state index in [0.29, 0.717) is 16.7 Å². The Morgan fingerprint density at radius 3 is 1.95 bits per heavy atom. The fourth-order valence-electron chi connectivity index (χ4n) is 1.24. The number of halogens is 4. The molecule has 0 spiro atoms. The number of benzene rings is 1. The van der Waals surface area contributed by atoms with Gasteiger partial charge in [-0.25, -0.2) is 0 Å². The lowest BCUT2D eigenvalue weighted by Crippen LogP contribution is -2.29. The van der Waals surface area contributed by atoms with Crippen molar-refractivity contribution in [2.24, 2.45) is 0 Å². The molecule has 0 bridgehead atoms. The predicted octanol–water partition coefficient (Wildman–Crippen LogP) is 2.24. The Hall–Kier alpha value is -1.58. The topological polar surface area (TPSA) is 70.7 Å². The highest BCUT2D eigenvalue weighted by Crippen LogP contribution is 2.28. The molecule has 0 atom stereocenters. The highest BCUT2D eigenvalue weighted by Gasteiger charge is 2.30. The third kappa shape index (κ3) is 5.74. The largest absolute Gasteiger partial charge is 0.488 e. The molecular weight excluding hydrogens is 356 g/mol. The lowest BCUT2D eigenvalue weighted by atomic mass is 9.80. The van der Waals surface area contributed by atoms with Crippen LogP contribution in [0.2, 0.25) is 0 Å². The van der Waals surface area contributed by atoms with Crippen LogP contribution in [-0.2, 0) is 6.18 Å². The van der Waals surface area contributed by atoms with Crippen molar-refractivity contribution < 1.29 is 32.4 Å². The zero-order valence-electron chi connectivity index (χ0n) is 10.3. The number of aldehydes is 1. The van der Waals surface area contributed by atoms with E-state index in [9.17, 15) is 18.0 Å². The first-order valence-electron chi connectivity index (χ1n) is 5.48. The molecule has 0 saturated heterocycles. The molecule has 9 heteroatoms. The summed E-state index contributed by atoms with van der Waals surface area (Å²) in [6.45, 7) is 0. The molecule has 0 unspecified atom stereocenters. The van der Waals surface area contributed by atoms with Gasteiger partial charge in [0.05, 0.1) is 5.56 Å². The van der Waals surface area contributed by atoms with Crippen LogP contribution in [0, 0.1) is 0 Å². The van der Waals surface area contributed by atoms with Crippen molar-refractivity contribution in [2.75, 3.05) is 0 Å². The Morgan fingerprint density at radius 1 is 1.10 bits per heavy atom. The Labute approximate surface area is 126 Å². The summed E-state index contributed by atoms with van der Waals surface area (Å²) < 4.78 is 41.4. The number of hydrogen-bond donors (Lipinski definition) is 2. The van der Waals surface area contributed by atoms with Gasteiger partial charge in [0.25, 0.3) is 0 Å². The Bertz CT molecular complexity index is 581. The zero-order chi connectivity index (χ0) is 16.0. The molecule has 0 fully saturated rings. The monoisotopic (exact) mass is 364 g/mol. The summed E-state index contributed by atoms with van der Waals surface area (Å²) >= 11 is 3.05. The summed E-state index contributed by atoms with van der Waals surface area (Å²) in [6, 6.07) is 6.91. The average Bonchev–Trinajstić information content (AvgIpc) is 2.84. The quantitative estimate of drug-likeness (QED) is 0.633. The van der Waals surface area contributed by atoms with E-state index in [1.165, 1.54) is 0 Å². The Balaban J connectivity index is 0.000000235. The normalized spacial score (nSPS) is 10.6. The van der Waals surface area contributed by atoms with Gasteiger partial charge in [-0.1, -0.05) is 24.3 Å². The van der Waals surface area contributed by atoms with E-state index in [2.05, 4.69) is 15.9 Å². The van der Waals surface area contributed by atoms with Crippen LogP contribution in [0.15, 0.2) is 45.5 Å². The van der Waals surface area contributed by atoms with Crippen LogP contribution >= 0.6 is 15.9 Å². The molecule has 0 aliphatic carbocycles. The lowest BCUT2D eigenvalue weighted by Gasteiger charge is -2.06. The minimum absolute atomic E-state index is 0.0352. The van der Waals surface area contributed by atoms with Crippen LogP contribution in [-0.4, -0.2) is 23.5 Å². The summed E-state index contributed by atoms with van der Waals surface area (Å²) in [6.07, 6.45) is -3.73. The third-order valence-electron chi connectivity index (χ3n) is 2.25. The van der Waals surface area contributed by atoms with Crippen molar-refractivity contribution in [3.8, 4) is 0 Å². The fraction of sp³-hybridized carbons (Fsp3) is 0.0833. The highest BCUT2D eigenvalue weighted by atomic mass is 79.9. The predicted molar refractivity (Wildman–Crippen MR) is 73.1 cm³/mol. The number of carbonyl (C=O) groups excluding carboxylic acids is 1. The standard InChI is InChI=1S/C7H6BF3O2.C5H3BrO2/c9-7(10,11)5-1-3-6(4-2-5)8(12)13;6-5-2-1-4(3-7)8-5/h1-4,12-13H;1-3H. The second kappa shape index (κ2) is 7.44. The third-order valence-corrected chi connectivity index (χ3v) is 2.67. The van der Waals surface area contributed by atoms with Crippen molar-refractivity contribution >= 4 is 34.8 Å². The first kappa shape index (κ1) is 17.5. The van der Waals surface area contributed by atoms with Gasteiger partial charge in [0, 0.05) is 0 Å². The van der Waals surface area contributed by atoms with Gasteiger partial charge in [-0.15, -0.1) is 0 Å². The molecule has 1 aromatic carbocycles. The minimum Gasteiger partial charge on any atom is -0.447 e. The van der Waals surface area contributed by atoms with Crippen LogP contribution in [0.1, 0.15) is 16.1 Å². The molecule has 2 N–H and O–H groups in total. The van der Waals surface area contributed by atoms with Crippen molar-refractivity contribution in [2.45, 2.75) is 6.18 Å². The van der Waals surface area contributed by atoms with Crippen LogP contribution in [0.3, 0.4) is 0 Å². The van der Waals surface area contributed by atoms with Crippen molar-refractivity contribution in [1.29, 1.82) is 0 Å². The van der Waals surface area contributed by atoms with E-state index < -0.39 is 18.9 Å². The van der Waals surface area contributed by atoms with E-state index in [-0.39, 0.29) is 5.46 Å². The van der Waals surface area contributed by atoms with Gasteiger partial charge >= 0.3 is 13.3 Å². The smallest absolute Gasteiger partial charge is 0.447 e. The Kier molecular flexibility index (Phi) is 6.19. The maximum absolute atomic E-state index is 12.0. The van der Waals surface area contributed by atoms with E-state index >= 15 is 0 Å². The first-order valence-corrected chi connectivity index (χ1v) is 6.27. The molecule has 0 aliphatic heterocycles. The SMILES string of the molecule is O=Cc1ccc(Br)o1.OB(O)c1ccc(C(F)(F)F)cc1. The van der Waals surface area contributed by atoms with Gasteiger partial charge in [0.1, 0.15) is 0 Å². The van der Waals surface area contributed by atoms with Gasteiger partial charge in [0.15, 0.2) is 16.7 Å². The van der Waals surface area contributed by atoms with E-state index in [1.54, 1.807) is 12.1 Å². The van der Waals surface area contributed by atoms with Gasteiger partial charge in [-0.2, -0.15) is 13.2 Å². The molecule has 0 amide bonds. The summed E-state index contributed by atoms with van der Waals surface area (Å²) in [5.74, 6) is 0.344. The molecule has 2 rings (SSSR count). The summed E-state index contributed by atoms with van der Waals surface area (Å²) in [5, 5.41) is 17.2. The maximum Gasteiger partial charge on any atom is 0.488 e. The molecule has 0 saturated carbocycles. The molecule has 2 aromatic rings. The summed E-state index contributed by atoms with van der Waals surface area (Å²) in [5.41, 5.74) is -0.773. The fourth-order valence-corrected chi connectivity index (χ4v) is 1.55. The van der Waals surface area contributed by atoms with Crippen molar-refractivity contribution in [1.82, 2.24) is 0 Å². The molecule has 0 aliphatic rings. The molecule has 112 valence electrons. The molecule has 1 aromatic heterocycles. The lowest BCUT2D eigenvalue weighted by molar-refractivity contribution is -0.137. The van der Waals surface area contributed by atoms with Crippen LogP contribution in [0.5, 0.6) is 0 Å². The summed E-state index contributed by atoms with van der Waals surface area (Å²) in [4.78, 5) is 9.91. The molecule has 1 heterocycles. The zero-order valence-corrected chi connectivity index (χ0v) is 11.9. The number of alkyl halides is 3. The Morgan fingerprint density at radius 2 is 1.67 bits per heavy atom. The molecule has 4 nitrogen and oxygen atoms in total. The number of carbonyl (C=O) groups is 1. The molecule has 21 heavy (non-hydrogen) atoms. The molecule has 0 radical (unpaired) electrons. The highest BCUT2D eigenvalue weighted by molar-refractivity contribution is 9.10. The van der Waals surface area contributed by atoms with Crippen LogP contribution in [0.4, 0.5) is 13.2 Å². The van der Waals surface area contributed by atoms with Crippen LogP contribution < -0.4 is 5.46 Å². The number of rotatable bonds is 2. The van der Waals surface area contributed by atoms with E-state index in [4.69, 9.17) is 14.5 Å². The number of furan rings is 1. The second-order valence-corrected chi connectivity index (χ2v) is 4.53. The van der Waals surface area contributed by atoms with Gasteiger partial charge in [-0.05, 0) is 33.5 Å². The first-order chi connectivity index (χ1) is 9.74. The second-order valence-electron chi connectivity index (χ2n) is 3.75. The number of hydrogen-bond acceptors (Lipinski definition) is 4. The maximum atomic E-state index is 12.0. The van der Waals surface area contributed by atoms with E-state index in [0.717, 1.165) is 24.3 Å². The van der Waals surface area contributed by atoms with E-state index in [1.807, 2.05) is 0 Å². The molecular formula is C12H9BBrF3O4. The van der Waals surface area contributed by atoms with Crippen molar-refractivity contribution in [3.05, 3.63) is 52.4 Å². The van der Waals surface area contributed by atoms with Crippen molar-refractivity contribution in [3.63, 3.8) is 0 Å². The van der Waals surface area contributed by atoms with Gasteiger partial charge in [0.2, 0.25) is 0 Å². The average molecular weight is 365 g/mol. The summed E-state index contributed by atoms with van der Waals surface area (Å²) in [7, 11) is -1.73. The van der Waals surface area contributed by atoms with Gasteiger partial charge < -0.3 is 14.5 Å².